The molecule has 2 aliphatic heterocycles. The highest BCUT2D eigenvalue weighted by atomic mass is 16.7. The lowest BCUT2D eigenvalue weighted by Gasteiger charge is -2.34. The van der Waals surface area contributed by atoms with Crippen molar-refractivity contribution in [2.45, 2.75) is 19.0 Å². The van der Waals surface area contributed by atoms with Crippen molar-refractivity contribution in [3.8, 4) is 11.5 Å². The van der Waals surface area contributed by atoms with E-state index in [1.165, 1.54) is 11.3 Å². The number of hydrogen-bond acceptors (Lipinski definition) is 6. The van der Waals surface area contributed by atoms with Crippen LogP contribution in [-0.4, -0.2) is 46.9 Å². The van der Waals surface area contributed by atoms with E-state index in [4.69, 9.17) is 14.2 Å². The van der Waals surface area contributed by atoms with E-state index in [9.17, 15) is 0 Å². The molecule has 7 nitrogen and oxygen atoms in total. The monoisotopic (exact) mass is 316 g/mol. The molecule has 2 aromatic rings. The van der Waals surface area contributed by atoms with Crippen LogP contribution >= 0.6 is 0 Å². The third-order valence-corrected chi connectivity index (χ3v) is 4.51. The van der Waals surface area contributed by atoms with Gasteiger partial charge in [0.15, 0.2) is 11.5 Å². The highest BCUT2D eigenvalue weighted by molar-refractivity contribution is 5.44. The average Bonchev–Trinajstić information content (AvgIpc) is 3.16. The van der Waals surface area contributed by atoms with Gasteiger partial charge in [0.2, 0.25) is 6.79 Å². The van der Waals surface area contributed by atoms with Gasteiger partial charge in [0.05, 0.1) is 18.3 Å². The van der Waals surface area contributed by atoms with Crippen molar-refractivity contribution < 1.29 is 14.2 Å². The first-order valence-corrected chi connectivity index (χ1v) is 7.76. The first-order valence-electron chi connectivity index (χ1n) is 7.76. The Labute approximate surface area is 134 Å². The maximum Gasteiger partial charge on any atom is 0.231 e. The van der Waals surface area contributed by atoms with Crippen molar-refractivity contribution in [3.63, 3.8) is 0 Å². The number of hydrogen-bond donors (Lipinski definition) is 0. The third-order valence-electron chi connectivity index (χ3n) is 4.51. The average molecular weight is 316 g/mol. The number of fused-ring (bicyclic) bond motifs is 2. The van der Waals surface area contributed by atoms with Crippen LogP contribution in [-0.2, 0) is 24.8 Å². The lowest BCUT2D eigenvalue weighted by atomic mass is 10.0. The van der Waals surface area contributed by atoms with Gasteiger partial charge in [-0.3, -0.25) is 9.58 Å². The highest BCUT2D eigenvalue weighted by Gasteiger charge is 2.31. The van der Waals surface area contributed by atoms with Gasteiger partial charge in [0.1, 0.15) is 5.69 Å². The summed E-state index contributed by atoms with van der Waals surface area (Å²) < 4.78 is 18.1. The van der Waals surface area contributed by atoms with E-state index in [1.54, 1.807) is 7.11 Å². The fourth-order valence-corrected chi connectivity index (χ4v) is 3.33. The van der Waals surface area contributed by atoms with E-state index < -0.39 is 0 Å². The van der Waals surface area contributed by atoms with E-state index in [1.807, 2.05) is 17.8 Å². The first-order chi connectivity index (χ1) is 11.3. The van der Waals surface area contributed by atoms with Gasteiger partial charge in [0.25, 0.3) is 0 Å². The summed E-state index contributed by atoms with van der Waals surface area (Å²) in [6.07, 6.45) is 0.948. The van der Waals surface area contributed by atoms with Gasteiger partial charge in [-0.2, -0.15) is 0 Å². The summed E-state index contributed by atoms with van der Waals surface area (Å²) in [4.78, 5) is 2.39. The van der Waals surface area contributed by atoms with Crippen LogP contribution in [0.4, 0.5) is 0 Å². The Balaban J connectivity index is 1.58. The molecule has 0 saturated heterocycles. The molecule has 1 aromatic carbocycles. The van der Waals surface area contributed by atoms with Crippen molar-refractivity contribution in [3.05, 3.63) is 35.2 Å². The SMILES string of the molecule is COCC1c2nnn(C)c2CCN1Cc1ccc2c(c1)OCO2. The zero-order valence-electron chi connectivity index (χ0n) is 13.4. The molecule has 3 heterocycles. The largest absolute Gasteiger partial charge is 0.454 e. The van der Waals surface area contributed by atoms with Gasteiger partial charge in [-0.05, 0) is 17.7 Å². The van der Waals surface area contributed by atoms with E-state index in [0.717, 1.165) is 36.7 Å². The molecule has 122 valence electrons. The first kappa shape index (κ1) is 14.5. The topological polar surface area (TPSA) is 61.6 Å². The van der Waals surface area contributed by atoms with Gasteiger partial charge in [-0.15, -0.1) is 5.10 Å². The summed E-state index contributed by atoms with van der Waals surface area (Å²) in [5.74, 6) is 1.64. The number of nitrogens with zero attached hydrogens (tertiary/aromatic N) is 4. The highest BCUT2D eigenvalue weighted by Crippen LogP contribution is 2.34. The lowest BCUT2D eigenvalue weighted by molar-refractivity contribution is 0.0750. The summed E-state index contributed by atoms with van der Waals surface area (Å²) in [5, 5.41) is 8.52. The van der Waals surface area contributed by atoms with Crippen molar-refractivity contribution in [1.82, 2.24) is 19.9 Å². The van der Waals surface area contributed by atoms with Gasteiger partial charge in [-0.25, -0.2) is 0 Å². The zero-order chi connectivity index (χ0) is 15.8. The number of aryl methyl sites for hydroxylation is 1. The van der Waals surface area contributed by atoms with Crippen molar-refractivity contribution >= 4 is 0 Å². The van der Waals surface area contributed by atoms with Crippen LogP contribution in [0.15, 0.2) is 18.2 Å². The minimum Gasteiger partial charge on any atom is -0.454 e. The van der Waals surface area contributed by atoms with Crippen LogP contribution < -0.4 is 9.47 Å². The summed E-state index contributed by atoms with van der Waals surface area (Å²) in [6, 6.07) is 6.24. The molecule has 2 aliphatic rings. The molecule has 0 N–H and O–H groups in total. The van der Waals surface area contributed by atoms with Crippen LogP contribution in [0.5, 0.6) is 11.5 Å². The van der Waals surface area contributed by atoms with Crippen LogP contribution in [0.25, 0.3) is 0 Å². The molecule has 1 aromatic heterocycles. The summed E-state index contributed by atoms with van der Waals surface area (Å²) in [5.41, 5.74) is 3.43. The smallest absolute Gasteiger partial charge is 0.231 e. The Morgan fingerprint density at radius 1 is 1.30 bits per heavy atom. The van der Waals surface area contributed by atoms with Crippen molar-refractivity contribution in [2.24, 2.45) is 7.05 Å². The molecule has 1 unspecified atom stereocenters. The molecule has 4 rings (SSSR count). The van der Waals surface area contributed by atoms with Crippen LogP contribution in [0, 0.1) is 0 Å². The standard InChI is InChI=1S/C16H20N4O3/c1-19-12-5-6-20(13(9-21-2)16(12)17-18-19)8-11-3-4-14-15(7-11)23-10-22-14/h3-4,7,13H,5-6,8-10H2,1-2H3. The molecule has 0 radical (unpaired) electrons. The van der Waals surface area contributed by atoms with Crippen molar-refractivity contribution in [1.29, 1.82) is 0 Å². The number of rotatable bonds is 4. The van der Waals surface area contributed by atoms with E-state index in [-0.39, 0.29) is 6.04 Å². The minimum atomic E-state index is 0.128. The van der Waals surface area contributed by atoms with Gasteiger partial charge in [0, 0.05) is 33.7 Å². The van der Waals surface area contributed by atoms with Gasteiger partial charge < -0.3 is 14.2 Å². The fourth-order valence-electron chi connectivity index (χ4n) is 3.33. The summed E-state index contributed by atoms with van der Waals surface area (Å²) >= 11 is 0. The molecule has 0 aliphatic carbocycles. The van der Waals surface area contributed by atoms with Gasteiger partial charge in [-0.1, -0.05) is 11.3 Å². The molecule has 0 bridgehead atoms. The molecule has 1 atom stereocenters. The molecular weight excluding hydrogens is 296 g/mol. The second-order valence-corrected chi connectivity index (χ2v) is 5.92. The molecule has 0 saturated carbocycles. The lowest BCUT2D eigenvalue weighted by Crippen LogP contribution is -2.37. The Kier molecular flexibility index (Phi) is 3.66. The second kappa shape index (κ2) is 5.82. The quantitative estimate of drug-likeness (QED) is 0.847. The van der Waals surface area contributed by atoms with Crippen LogP contribution in [0.3, 0.4) is 0 Å². The minimum absolute atomic E-state index is 0.128. The normalized spacial score (nSPS) is 19.8. The van der Waals surface area contributed by atoms with Crippen molar-refractivity contribution in [2.75, 3.05) is 27.1 Å². The predicted molar refractivity (Wildman–Crippen MR) is 82.3 cm³/mol. The molecule has 7 heteroatoms. The van der Waals surface area contributed by atoms with Gasteiger partial charge >= 0.3 is 0 Å². The molecule has 0 spiro atoms. The third kappa shape index (κ3) is 2.55. The van der Waals surface area contributed by atoms with Crippen LogP contribution in [0.1, 0.15) is 23.0 Å². The number of ether oxygens (including phenoxy) is 3. The Morgan fingerprint density at radius 3 is 3.04 bits per heavy atom. The van der Waals surface area contributed by atoms with E-state index in [0.29, 0.717) is 13.4 Å². The predicted octanol–water partition coefficient (Wildman–Crippen LogP) is 1.29. The molecule has 0 fully saturated rings. The maximum absolute atomic E-state index is 5.47. The summed E-state index contributed by atoms with van der Waals surface area (Å²) in [6.45, 7) is 2.69. The Morgan fingerprint density at radius 2 is 2.17 bits per heavy atom. The number of aromatic nitrogens is 3. The zero-order valence-corrected chi connectivity index (χ0v) is 13.4. The molecular formula is C16H20N4O3. The van der Waals surface area contributed by atoms with Crippen LogP contribution in [0.2, 0.25) is 0 Å². The fraction of sp³-hybridized carbons (Fsp3) is 0.500. The maximum atomic E-state index is 5.47. The number of methoxy groups -OCH3 is 1. The Hall–Kier alpha value is -2.12. The molecule has 0 amide bonds. The molecule has 23 heavy (non-hydrogen) atoms. The second-order valence-electron chi connectivity index (χ2n) is 5.92. The Bertz CT molecular complexity index is 715. The van der Waals surface area contributed by atoms with E-state index >= 15 is 0 Å². The number of benzene rings is 1. The summed E-state index contributed by atoms with van der Waals surface area (Å²) in [7, 11) is 3.67. The van der Waals surface area contributed by atoms with E-state index in [2.05, 4.69) is 27.3 Å².